The average Bonchev–Trinajstić information content (AvgIpc) is 3.11. The van der Waals surface area contributed by atoms with Gasteiger partial charge in [-0.2, -0.15) is 4.98 Å². The van der Waals surface area contributed by atoms with Crippen molar-refractivity contribution in [2.45, 2.75) is 18.9 Å². The van der Waals surface area contributed by atoms with Crippen LogP contribution in [0.3, 0.4) is 0 Å². The predicted octanol–water partition coefficient (Wildman–Crippen LogP) is 0.0606. The van der Waals surface area contributed by atoms with Crippen LogP contribution in [0.1, 0.15) is 12.8 Å². The fraction of sp³-hybridized carbons (Fsp3) is 0.688. The molecule has 3 fully saturated rings. The number of aliphatic carboxylic acids is 1. The molecular formula is C16H23N5O3. The van der Waals surface area contributed by atoms with Crippen LogP contribution in [0.5, 0.6) is 0 Å². The monoisotopic (exact) mass is 333 g/mol. The van der Waals surface area contributed by atoms with Crippen LogP contribution in [-0.2, 0) is 9.53 Å². The summed E-state index contributed by atoms with van der Waals surface area (Å²) in [7, 11) is 0. The van der Waals surface area contributed by atoms with Crippen LogP contribution < -0.4 is 10.6 Å². The van der Waals surface area contributed by atoms with Crippen molar-refractivity contribution in [2.24, 2.45) is 11.3 Å². The Morgan fingerprint density at radius 1 is 1.33 bits per heavy atom. The van der Waals surface area contributed by atoms with Gasteiger partial charge in [0, 0.05) is 57.5 Å². The van der Waals surface area contributed by atoms with E-state index in [-0.39, 0.29) is 11.9 Å². The summed E-state index contributed by atoms with van der Waals surface area (Å²) in [5, 5.41) is 9.97. The second-order valence-electron chi connectivity index (χ2n) is 7.08. The molecule has 0 bridgehead atoms. The van der Waals surface area contributed by atoms with Gasteiger partial charge in [0.2, 0.25) is 5.95 Å². The fourth-order valence-corrected chi connectivity index (χ4v) is 4.45. The number of nitrogen functional groups attached to an aromatic ring is 1. The van der Waals surface area contributed by atoms with Gasteiger partial charge in [0.05, 0.1) is 0 Å². The quantitative estimate of drug-likeness (QED) is 0.800. The van der Waals surface area contributed by atoms with E-state index in [4.69, 9.17) is 10.5 Å². The van der Waals surface area contributed by atoms with Crippen LogP contribution in [0.4, 0.5) is 11.8 Å². The number of carboxylic acid groups (broad SMARTS) is 1. The second kappa shape index (κ2) is 5.86. The van der Waals surface area contributed by atoms with Crippen molar-refractivity contribution in [3.8, 4) is 0 Å². The van der Waals surface area contributed by atoms with E-state index in [9.17, 15) is 9.90 Å². The number of rotatable bonds is 3. The maximum Gasteiger partial charge on any atom is 0.313 e. The molecule has 8 nitrogen and oxygen atoms in total. The van der Waals surface area contributed by atoms with Crippen molar-refractivity contribution in [3.63, 3.8) is 0 Å². The van der Waals surface area contributed by atoms with Crippen molar-refractivity contribution in [1.29, 1.82) is 0 Å². The minimum atomic E-state index is -0.724. The molecule has 0 aliphatic carbocycles. The first-order chi connectivity index (χ1) is 11.6. The Labute approximate surface area is 140 Å². The molecule has 0 saturated carbocycles. The van der Waals surface area contributed by atoms with Crippen LogP contribution in [0.25, 0.3) is 0 Å². The molecule has 3 saturated heterocycles. The summed E-state index contributed by atoms with van der Waals surface area (Å²) in [6, 6.07) is 2.24. The van der Waals surface area contributed by atoms with Crippen LogP contribution in [0, 0.1) is 11.3 Å². The molecule has 3 aliphatic heterocycles. The van der Waals surface area contributed by atoms with Gasteiger partial charge < -0.3 is 20.5 Å². The molecule has 3 N–H and O–H groups in total. The molecule has 0 aromatic carbocycles. The number of anilines is 2. The van der Waals surface area contributed by atoms with Gasteiger partial charge in [0.1, 0.15) is 11.2 Å². The molecule has 3 aliphatic rings. The summed E-state index contributed by atoms with van der Waals surface area (Å²) in [5.41, 5.74) is 4.94. The SMILES string of the molecule is Nc1nccc(N2C[C@H]3CN(C4CCOCC4)C[C@@]3(C(=O)O)C2)n1. The number of ether oxygens (including phenoxy) is 1. The van der Waals surface area contributed by atoms with Gasteiger partial charge in [-0.05, 0) is 18.9 Å². The van der Waals surface area contributed by atoms with E-state index in [1.165, 1.54) is 0 Å². The third-order valence-corrected chi connectivity index (χ3v) is 5.75. The zero-order valence-corrected chi connectivity index (χ0v) is 13.6. The number of likely N-dealkylation sites (tertiary alicyclic amines) is 1. The summed E-state index contributed by atoms with van der Waals surface area (Å²) >= 11 is 0. The Morgan fingerprint density at radius 3 is 2.79 bits per heavy atom. The summed E-state index contributed by atoms with van der Waals surface area (Å²) in [5.74, 6) is 0.341. The largest absolute Gasteiger partial charge is 0.481 e. The maximum atomic E-state index is 12.1. The number of nitrogens with two attached hydrogens (primary N) is 1. The smallest absolute Gasteiger partial charge is 0.313 e. The third-order valence-electron chi connectivity index (χ3n) is 5.75. The minimum Gasteiger partial charge on any atom is -0.481 e. The summed E-state index contributed by atoms with van der Waals surface area (Å²) < 4.78 is 5.43. The molecule has 0 spiro atoms. The van der Waals surface area contributed by atoms with Crippen LogP contribution >= 0.6 is 0 Å². The van der Waals surface area contributed by atoms with Gasteiger partial charge in [0.25, 0.3) is 0 Å². The molecule has 1 aromatic heterocycles. The maximum absolute atomic E-state index is 12.1. The highest BCUT2D eigenvalue weighted by Gasteiger charge is 2.58. The lowest BCUT2D eigenvalue weighted by molar-refractivity contribution is -0.148. The molecule has 2 atom stereocenters. The first-order valence-corrected chi connectivity index (χ1v) is 8.47. The Hall–Kier alpha value is -1.93. The van der Waals surface area contributed by atoms with Crippen molar-refractivity contribution in [1.82, 2.24) is 14.9 Å². The van der Waals surface area contributed by atoms with Gasteiger partial charge in [-0.1, -0.05) is 0 Å². The van der Waals surface area contributed by atoms with Gasteiger partial charge in [-0.15, -0.1) is 0 Å². The molecule has 1 aromatic rings. The van der Waals surface area contributed by atoms with Gasteiger partial charge >= 0.3 is 5.97 Å². The van der Waals surface area contributed by atoms with Gasteiger partial charge in [-0.25, -0.2) is 4.98 Å². The molecule has 8 heteroatoms. The highest BCUT2D eigenvalue weighted by molar-refractivity contribution is 5.78. The summed E-state index contributed by atoms with van der Waals surface area (Å²) in [4.78, 5) is 24.7. The van der Waals surface area contributed by atoms with Crippen molar-refractivity contribution < 1.29 is 14.6 Å². The van der Waals surface area contributed by atoms with E-state index in [1.807, 2.05) is 4.90 Å². The molecule has 0 radical (unpaired) electrons. The zero-order chi connectivity index (χ0) is 16.7. The second-order valence-corrected chi connectivity index (χ2v) is 7.08. The highest BCUT2D eigenvalue weighted by atomic mass is 16.5. The number of hydrogen-bond acceptors (Lipinski definition) is 7. The summed E-state index contributed by atoms with van der Waals surface area (Å²) in [6.45, 7) is 4.16. The molecule has 4 heterocycles. The van der Waals surface area contributed by atoms with Gasteiger partial charge in [-0.3, -0.25) is 9.69 Å². The number of fused-ring (bicyclic) bond motifs is 1. The molecule has 0 unspecified atom stereocenters. The standard InChI is InChI=1S/C16H23N5O3/c17-15-18-4-1-13(19-15)21-8-11-7-20(12-2-5-24-6-3-12)9-16(11,10-21)14(22)23/h1,4,11-12H,2-3,5-10H2,(H,22,23)(H2,17,18,19)/t11-,16-/m1/s1. The van der Waals surface area contributed by atoms with Crippen molar-refractivity contribution in [3.05, 3.63) is 12.3 Å². The number of nitrogens with zero attached hydrogens (tertiary/aromatic N) is 4. The third kappa shape index (κ3) is 2.50. The lowest BCUT2D eigenvalue weighted by Gasteiger charge is -2.33. The number of carboxylic acids is 1. The van der Waals surface area contributed by atoms with E-state index in [1.54, 1.807) is 12.3 Å². The topological polar surface area (TPSA) is 105 Å². The lowest BCUT2D eigenvalue weighted by atomic mass is 9.81. The molecule has 4 rings (SSSR count). The molecular weight excluding hydrogens is 310 g/mol. The first-order valence-electron chi connectivity index (χ1n) is 8.47. The highest BCUT2D eigenvalue weighted by Crippen LogP contribution is 2.45. The van der Waals surface area contributed by atoms with Crippen LogP contribution in [0.15, 0.2) is 12.3 Å². The normalized spacial score (nSPS) is 31.3. The zero-order valence-electron chi connectivity index (χ0n) is 13.6. The van der Waals surface area contributed by atoms with E-state index >= 15 is 0 Å². The predicted molar refractivity (Wildman–Crippen MR) is 87.6 cm³/mol. The number of hydrogen-bond donors (Lipinski definition) is 2. The Bertz CT molecular complexity index is 636. The van der Waals surface area contributed by atoms with Crippen LogP contribution in [0.2, 0.25) is 0 Å². The first kappa shape index (κ1) is 15.6. The summed E-state index contributed by atoms with van der Waals surface area (Å²) in [6.07, 6.45) is 3.61. The number of carbonyl (C=O) groups is 1. The van der Waals surface area contributed by atoms with E-state index < -0.39 is 11.4 Å². The molecule has 24 heavy (non-hydrogen) atoms. The van der Waals surface area contributed by atoms with Crippen LogP contribution in [-0.4, -0.2) is 71.4 Å². The fourth-order valence-electron chi connectivity index (χ4n) is 4.45. The Kier molecular flexibility index (Phi) is 3.80. The minimum absolute atomic E-state index is 0.106. The average molecular weight is 333 g/mol. The lowest BCUT2D eigenvalue weighted by Crippen LogP contribution is -2.44. The number of aromatic nitrogens is 2. The van der Waals surface area contributed by atoms with E-state index in [0.29, 0.717) is 25.7 Å². The van der Waals surface area contributed by atoms with Gasteiger partial charge in [0.15, 0.2) is 0 Å². The van der Waals surface area contributed by atoms with E-state index in [0.717, 1.165) is 38.4 Å². The molecule has 130 valence electrons. The van der Waals surface area contributed by atoms with E-state index in [2.05, 4.69) is 14.9 Å². The molecule has 0 amide bonds. The Morgan fingerprint density at radius 2 is 2.12 bits per heavy atom. The Balaban J connectivity index is 1.54. The van der Waals surface area contributed by atoms with Crippen molar-refractivity contribution >= 4 is 17.7 Å². The van der Waals surface area contributed by atoms with Crippen molar-refractivity contribution in [2.75, 3.05) is 50.0 Å².